The van der Waals surface area contributed by atoms with Gasteiger partial charge in [0, 0.05) is 12.0 Å². The van der Waals surface area contributed by atoms with Crippen LogP contribution in [-0.4, -0.2) is 5.78 Å². The van der Waals surface area contributed by atoms with Crippen molar-refractivity contribution in [2.24, 2.45) is 17.8 Å². The van der Waals surface area contributed by atoms with E-state index in [0.29, 0.717) is 11.7 Å². The lowest BCUT2D eigenvalue weighted by Gasteiger charge is -2.26. The number of ketones is 1. The van der Waals surface area contributed by atoms with E-state index in [-0.39, 0.29) is 0 Å². The maximum atomic E-state index is 12.6. The van der Waals surface area contributed by atoms with E-state index >= 15 is 0 Å². The molecule has 3 fully saturated rings. The van der Waals surface area contributed by atoms with Crippen LogP contribution in [-0.2, 0) is 0 Å². The molecule has 0 heterocycles. The summed E-state index contributed by atoms with van der Waals surface area (Å²) in [5.41, 5.74) is 2.37. The molecule has 3 aliphatic rings. The van der Waals surface area contributed by atoms with Crippen molar-refractivity contribution in [3.8, 4) is 0 Å². The number of carbonyl (C=O) groups excluding carboxylic acids is 1. The number of rotatable bonds is 4. The summed E-state index contributed by atoms with van der Waals surface area (Å²) in [5, 5.41) is 0. The van der Waals surface area contributed by atoms with E-state index < -0.39 is 0 Å². The van der Waals surface area contributed by atoms with E-state index in [2.05, 4.69) is 18.2 Å². The minimum Gasteiger partial charge on any atom is -0.294 e. The molecule has 20 heavy (non-hydrogen) atoms. The van der Waals surface area contributed by atoms with Gasteiger partial charge in [0.25, 0.3) is 0 Å². The van der Waals surface area contributed by atoms with E-state index in [4.69, 9.17) is 0 Å². The molecule has 3 aliphatic carbocycles. The molecular weight excluding hydrogens is 244 g/mol. The lowest BCUT2D eigenvalue weighted by molar-refractivity contribution is 0.0944. The zero-order chi connectivity index (χ0) is 13.5. The van der Waals surface area contributed by atoms with Crippen LogP contribution in [0.2, 0.25) is 0 Å². The van der Waals surface area contributed by atoms with Gasteiger partial charge >= 0.3 is 0 Å². The van der Waals surface area contributed by atoms with Crippen molar-refractivity contribution >= 4 is 5.78 Å². The van der Waals surface area contributed by atoms with Crippen LogP contribution in [0.15, 0.2) is 24.3 Å². The van der Waals surface area contributed by atoms with E-state index in [1.807, 2.05) is 6.07 Å². The highest BCUT2D eigenvalue weighted by Crippen LogP contribution is 2.49. The van der Waals surface area contributed by atoms with Gasteiger partial charge in [-0.2, -0.15) is 0 Å². The molecular formula is C19H24O. The Morgan fingerprint density at radius 1 is 1.10 bits per heavy atom. The molecule has 0 aromatic heterocycles. The Morgan fingerprint density at radius 2 is 2.00 bits per heavy atom. The van der Waals surface area contributed by atoms with E-state index in [1.165, 1.54) is 50.5 Å². The van der Waals surface area contributed by atoms with Crippen LogP contribution in [0, 0.1) is 17.8 Å². The Balaban J connectivity index is 1.45. The highest BCUT2D eigenvalue weighted by molar-refractivity contribution is 5.96. The van der Waals surface area contributed by atoms with Crippen LogP contribution >= 0.6 is 0 Å². The molecule has 1 nitrogen and oxygen atoms in total. The second-order valence-electron chi connectivity index (χ2n) is 7.32. The van der Waals surface area contributed by atoms with Crippen LogP contribution in [0.5, 0.6) is 0 Å². The first-order valence-corrected chi connectivity index (χ1v) is 8.43. The van der Waals surface area contributed by atoms with Crippen molar-refractivity contribution in [1.82, 2.24) is 0 Å². The van der Waals surface area contributed by atoms with Crippen LogP contribution in [0.3, 0.4) is 0 Å². The maximum absolute atomic E-state index is 12.6. The SMILES string of the molecule is O=C(CC1CC2CCC1C2)c1cccc(C2CCC2)c1. The molecule has 1 aromatic carbocycles. The van der Waals surface area contributed by atoms with Gasteiger partial charge in [0.1, 0.15) is 0 Å². The zero-order valence-corrected chi connectivity index (χ0v) is 12.2. The molecule has 0 amide bonds. The number of carbonyl (C=O) groups is 1. The van der Waals surface area contributed by atoms with Crippen molar-refractivity contribution in [3.05, 3.63) is 35.4 Å². The van der Waals surface area contributed by atoms with Gasteiger partial charge in [0.2, 0.25) is 0 Å². The predicted molar refractivity (Wildman–Crippen MR) is 80.9 cm³/mol. The average Bonchev–Trinajstić information content (AvgIpc) is 2.99. The van der Waals surface area contributed by atoms with Crippen molar-refractivity contribution in [1.29, 1.82) is 0 Å². The van der Waals surface area contributed by atoms with Gasteiger partial charge in [-0.1, -0.05) is 31.0 Å². The van der Waals surface area contributed by atoms with Crippen molar-refractivity contribution in [2.75, 3.05) is 0 Å². The van der Waals surface area contributed by atoms with Gasteiger partial charge in [0.15, 0.2) is 5.78 Å². The molecule has 1 heteroatoms. The molecule has 4 rings (SSSR count). The first-order chi connectivity index (χ1) is 9.79. The highest BCUT2D eigenvalue weighted by atomic mass is 16.1. The summed E-state index contributed by atoms with van der Waals surface area (Å²) in [6.07, 6.45) is 10.3. The zero-order valence-electron chi connectivity index (χ0n) is 12.2. The standard InChI is InChI=1S/C19H24O/c20-19(12-18-10-13-7-8-16(18)9-13)17-6-2-5-15(11-17)14-3-1-4-14/h2,5-6,11,13-14,16,18H,1,3-4,7-10,12H2. The molecule has 3 saturated carbocycles. The molecule has 3 unspecified atom stereocenters. The topological polar surface area (TPSA) is 17.1 Å². The van der Waals surface area contributed by atoms with Gasteiger partial charge in [-0.3, -0.25) is 4.79 Å². The first kappa shape index (κ1) is 12.6. The predicted octanol–water partition coefficient (Wildman–Crippen LogP) is 4.96. The third kappa shape index (κ3) is 2.21. The van der Waals surface area contributed by atoms with Gasteiger partial charge in [0.05, 0.1) is 0 Å². The van der Waals surface area contributed by atoms with Crippen LogP contribution in [0.1, 0.15) is 73.2 Å². The van der Waals surface area contributed by atoms with Crippen molar-refractivity contribution < 1.29 is 4.79 Å². The Morgan fingerprint density at radius 3 is 2.65 bits per heavy atom. The van der Waals surface area contributed by atoms with Crippen LogP contribution < -0.4 is 0 Å². The summed E-state index contributed by atoms with van der Waals surface area (Å²) in [7, 11) is 0. The molecule has 0 spiro atoms. The third-order valence-electron chi connectivity index (χ3n) is 6.12. The fourth-order valence-corrected chi connectivity index (χ4v) is 4.69. The lowest BCUT2D eigenvalue weighted by Crippen LogP contribution is -2.16. The van der Waals surface area contributed by atoms with E-state index in [9.17, 15) is 4.79 Å². The fourth-order valence-electron chi connectivity index (χ4n) is 4.69. The monoisotopic (exact) mass is 268 g/mol. The number of benzene rings is 1. The lowest BCUT2D eigenvalue weighted by atomic mass is 9.79. The number of Topliss-reactive ketones (excluding diaryl/α,β-unsaturated/α-hetero) is 1. The molecule has 0 aliphatic heterocycles. The number of fused-ring (bicyclic) bond motifs is 2. The summed E-state index contributed by atoms with van der Waals surface area (Å²) in [5.74, 6) is 3.61. The summed E-state index contributed by atoms with van der Waals surface area (Å²) >= 11 is 0. The normalized spacial score (nSPS) is 32.3. The molecule has 2 bridgehead atoms. The van der Waals surface area contributed by atoms with Crippen molar-refractivity contribution in [2.45, 2.75) is 57.3 Å². The number of hydrogen-bond acceptors (Lipinski definition) is 1. The minimum absolute atomic E-state index is 0.392. The quantitative estimate of drug-likeness (QED) is 0.705. The van der Waals surface area contributed by atoms with Gasteiger partial charge in [-0.05, 0) is 67.4 Å². The number of hydrogen-bond donors (Lipinski definition) is 0. The maximum Gasteiger partial charge on any atom is 0.163 e. The Hall–Kier alpha value is -1.11. The molecule has 0 radical (unpaired) electrons. The Labute approximate surface area is 121 Å². The fraction of sp³-hybridized carbons (Fsp3) is 0.632. The van der Waals surface area contributed by atoms with Gasteiger partial charge in [-0.15, -0.1) is 0 Å². The third-order valence-corrected chi connectivity index (χ3v) is 6.12. The Bertz CT molecular complexity index is 514. The Kier molecular flexibility index (Phi) is 3.17. The minimum atomic E-state index is 0.392. The summed E-state index contributed by atoms with van der Waals surface area (Å²) in [6, 6.07) is 8.50. The summed E-state index contributed by atoms with van der Waals surface area (Å²) < 4.78 is 0. The van der Waals surface area contributed by atoms with Crippen LogP contribution in [0.4, 0.5) is 0 Å². The summed E-state index contributed by atoms with van der Waals surface area (Å²) in [6.45, 7) is 0. The second-order valence-corrected chi connectivity index (χ2v) is 7.32. The van der Waals surface area contributed by atoms with Gasteiger partial charge < -0.3 is 0 Å². The van der Waals surface area contributed by atoms with Gasteiger partial charge in [-0.25, -0.2) is 0 Å². The van der Waals surface area contributed by atoms with E-state index in [0.717, 1.165) is 29.7 Å². The molecule has 106 valence electrons. The smallest absolute Gasteiger partial charge is 0.163 e. The average molecular weight is 268 g/mol. The highest BCUT2D eigenvalue weighted by Gasteiger charge is 2.40. The molecule has 0 N–H and O–H groups in total. The summed E-state index contributed by atoms with van der Waals surface area (Å²) in [4.78, 5) is 12.6. The molecule has 1 aromatic rings. The molecule has 3 atom stereocenters. The second kappa shape index (κ2) is 5.02. The first-order valence-electron chi connectivity index (χ1n) is 8.43. The molecule has 0 saturated heterocycles. The largest absolute Gasteiger partial charge is 0.294 e. The van der Waals surface area contributed by atoms with E-state index in [1.54, 1.807) is 0 Å². The van der Waals surface area contributed by atoms with Crippen LogP contribution in [0.25, 0.3) is 0 Å². The van der Waals surface area contributed by atoms with Crippen molar-refractivity contribution in [3.63, 3.8) is 0 Å².